The number of piperidine rings is 1. The van der Waals surface area contributed by atoms with Crippen LogP contribution in [0.5, 0.6) is 0 Å². The van der Waals surface area contributed by atoms with E-state index in [0.717, 1.165) is 10.5 Å². The number of likely N-dealkylation sites (tertiary alicyclic amines) is 1. The SMILES string of the molecule is O=C(N[C@@H]1C[C@H](C(F)(F)F)CN(c2ccc(C3C=N3)c3ncccc23)C1)N1C[C@@H](F)[C@@H](F)C1. The Balaban J connectivity index is 1.41. The van der Waals surface area contributed by atoms with Gasteiger partial charge in [0.1, 0.15) is 6.04 Å². The van der Waals surface area contributed by atoms with E-state index in [9.17, 15) is 26.7 Å². The summed E-state index contributed by atoms with van der Waals surface area (Å²) in [5.74, 6) is -1.67. The average molecular weight is 467 g/mol. The van der Waals surface area contributed by atoms with Gasteiger partial charge in [0.2, 0.25) is 0 Å². The topological polar surface area (TPSA) is 60.8 Å². The maximum absolute atomic E-state index is 13.8. The van der Waals surface area contributed by atoms with Crippen molar-refractivity contribution in [3.63, 3.8) is 0 Å². The highest BCUT2D eigenvalue weighted by molar-refractivity contribution is 5.97. The molecule has 33 heavy (non-hydrogen) atoms. The molecule has 0 aliphatic carbocycles. The van der Waals surface area contributed by atoms with Gasteiger partial charge >= 0.3 is 12.2 Å². The maximum Gasteiger partial charge on any atom is 0.393 e. The maximum atomic E-state index is 13.8. The molecule has 1 aromatic carbocycles. The lowest BCUT2D eigenvalue weighted by Crippen LogP contribution is -2.56. The van der Waals surface area contributed by atoms with Crippen LogP contribution in [0.3, 0.4) is 0 Å². The van der Waals surface area contributed by atoms with Crippen LogP contribution < -0.4 is 10.2 Å². The van der Waals surface area contributed by atoms with E-state index in [1.807, 2.05) is 6.07 Å². The number of nitrogens with zero attached hydrogens (tertiary/aromatic N) is 4. The minimum atomic E-state index is -4.46. The van der Waals surface area contributed by atoms with E-state index in [0.29, 0.717) is 16.6 Å². The van der Waals surface area contributed by atoms with Crippen LogP contribution >= 0.6 is 0 Å². The number of nitrogens with one attached hydrogen (secondary N) is 1. The van der Waals surface area contributed by atoms with Crippen molar-refractivity contribution >= 4 is 28.8 Å². The Morgan fingerprint density at radius 3 is 2.45 bits per heavy atom. The zero-order valence-corrected chi connectivity index (χ0v) is 17.5. The van der Waals surface area contributed by atoms with E-state index in [-0.39, 0.29) is 25.6 Å². The van der Waals surface area contributed by atoms with Crippen LogP contribution in [0.1, 0.15) is 18.0 Å². The number of benzene rings is 1. The van der Waals surface area contributed by atoms with Gasteiger partial charge in [0.05, 0.1) is 24.5 Å². The number of hydrogen-bond donors (Lipinski definition) is 1. The first-order chi connectivity index (χ1) is 15.7. The van der Waals surface area contributed by atoms with Gasteiger partial charge in [0.15, 0.2) is 12.3 Å². The van der Waals surface area contributed by atoms with Crippen LogP contribution in [-0.4, -0.2) is 72.9 Å². The molecule has 1 N–H and O–H groups in total. The van der Waals surface area contributed by atoms with Crippen molar-refractivity contribution in [1.82, 2.24) is 15.2 Å². The van der Waals surface area contributed by atoms with Gasteiger partial charge in [0, 0.05) is 48.2 Å². The van der Waals surface area contributed by atoms with Crippen LogP contribution in [0.2, 0.25) is 0 Å². The van der Waals surface area contributed by atoms with Crippen molar-refractivity contribution in [2.24, 2.45) is 10.9 Å². The largest absolute Gasteiger partial charge is 0.393 e. The molecule has 4 heterocycles. The van der Waals surface area contributed by atoms with Crippen LogP contribution in [0.25, 0.3) is 10.9 Å². The van der Waals surface area contributed by atoms with E-state index in [1.165, 1.54) is 0 Å². The quantitative estimate of drug-likeness (QED) is 0.699. The fraction of sp³-hybridized carbons (Fsp3) is 0.500. The summed E-state index contributed by atoms with van der Waals surface area (Å²) in [5.41, 5.74) is 2.15. The highest BCUT2D eigenvalue weighted by Crippen LogP contribution is 2.39. The second-order valence-electron chi connectivity index (χ2n) is 8.78. The number of aliphatic imine (C=N–C) groups is 1. The molecular formula is C22H22F5N5O. The number of anilines is 1. The number of urea groups is 1. The van der Waals surface area contributed by atoms with Crippen molar-refractivity contribution in [3.05, 3.63) is 36.0 Å². The summed E-state index contributed by atoms with van der Waals surface area (Å²) >= 11 is 0. The fourth-order valence-electron chi connectivity index (χ4n) is 4.69. The third-order valence-corrected chi connectivity index (χ3v) is 6.45. The van der Waals surface area contributed by atoms with Gasteiger partial charge in [0.25, 0.3) is 0 Å². The molecule has 11 heteroatoms. The number of amides is 2. The fourth-order valence-corrected chi connectivity index (χ4v) is 4.69. The van der Waals surface area contributed by atoms with Crippen molar-refractivity contribution in [2.75, 3.05) is 31.1 Å². The van der Waals surface area contributed by atoms with Crippen molar-refractivity contribution in [2.45, 2.75) is 37.0 Å². The summed E-state index contributed by atoms with van der Waals surface area (Å²) in [7, 11) is 0. The molecule has 2 fully saturated rings. The number of halogens is 5. The van der Waals surface area contributed by atoms with E-state index in [4.69, 9.17) is 0 Å². The molecular weight excluding hydrogens is 445 g/mol. The monoisotopic (exact) mass is 467 g/mol. The van der Waals surface area contributed by atoms with Crippen LogP contribution in [0.4, 0.5) is 32.4 Å². The van der Waals surface area contributed by atoms with Gasteiger partial charge in [-0.25, -0.2) is 13.6 Å². The summed E-state index contributed by atoms with van der Waals surface area (Å²) in [6.07, 6.45) is -4.93. The Labute approximate surface area is 186 Å². The molecule has 1 unspecified atom stereocenters. The first-order valence-electron chi connectivity index (χ1n) is 10.8. The lowest BCUT2D eigenvalue weighted by molar-refractivity contribution is -0.177. The van der Waals surface area contributed by atoms with Crippen molar-refractivity contribution < 1.29 is 26.7 Å². The molecule has 2 saturated heterocycles. The van der Waals surface area contributed by atoms with Crippen LogP contribution in [0.15, 0.2) is 35.5 Å². The smallest absolute Gasteiger partial charge is 0.368 e. The Morgan fingerprint density at radius 1 is 1.06 bits per heavy atom. The lowest BCUT2D eigenvalue weighted by Gasteiger charge is -2.40. The van der Waals surface area contributed by atoms with E-state index >= 15 is 0 Å². The zero-order chi connectivity index (χ0) is 23.3. The standard InChI is InChI=1S/C22H22F5N5O/c23-16-10-32(11-17(16)24)21(33)30-13-6-12(22(25,26)27)8-31(9-13)19-4-3-14(18-7-29-18)20-15(19)2-1-5-28-20/h1-5,7,12-13,16-18H,6,8-11H2,(H,30,33)/t12-,13+,16-,17+,18?/m0/s1. The second-order valence-corrected chi connectivity index (χ2v) is 8.78. The van der Waals surface area contributed by atoms with E-state index in [1.54, 1.807) is 35.5 Å². The Bertz CT molecular complexity index is 1080. The molecule has 2 amide bonds. The molecule has 5 atom stereocenters. The van der Waals surface area contributed by atoms with Gasteiger partial charge in [-0.05, 0) is 24.6 Å². The number of hydrogen-bond acceptors (Lipinski definition) is 4. The zero-order valence-electron chi connectivity index (χ0n) is 17.5. The van der Waals surface area contributed by atoms with Crippen LogP contribution in [-0.2, 0) is 0 Å². The van der Waals surface area contributed by atoms with Gasteiger partial charge in [-0.1, -0.05) is 6.07 Å². The van der Waals surface area contributed by atoms with Crippen LogP contribution in [0, 0.1) is 5.92 Å². The predicted octanol–water partition coefficient (Wildman–Crippen LogP) is 3.82. The third kappa shape index (κ3) is 4.32. The average Bonchev–Trinajstić information content (AvgIpc) is 3.56. The van der Waals surface area contributed by atoms with Gasteiger partial charge < -0.3 is 15.1 Å². The molecule has 0 saturated carbocycles. The first-order valence-corrected chi connectivity index (χ1v) is 10.8. The van der Waals surface area contributed by atoms with E-state index < -0.39 is 49.6 Å². The molecule has 0 bridgehead atoms. The molecule has 6 nitrogen and oxygen atoms in total. The molecule has 1 aromatic heterocycles. The first kappa shape index (κ1) is 21.8. The Hall–Kier alpha value is -2.98. The molecule has 2 aromatic rings. The summed E-state index contributed by atoms with van der Waals surface area (Å²) in [5, 5.41) is 3.27. The van der Waals surface area contributed by atoms with E-state index in [2.05, 4.69) is 15.3 Å². The Morgan fingerprint density at radius 2 is 1.79 bits per heavy atom. The number of aromatic nitrogens is 1. The highest BCUT2D eigenvalue weighted by Gasteiger charge is 2.46. The molecule has 3 aliphatic heterocycles. The number of carbonyl (C=O) groups excluding carboxylic acids is 1. The third-order valence-electron chi connectivity index (χ3n) is 6.45. The molecule has 3 aliphatic rings. The minimum Gasteiger partial charge on any atom is -0.368 e. The van der Waals surface area contributed by atoms with Crippen molar-refractivity contribution in [3.8, 4) is 0 Å². The normalized spacial score (nSPS) is 29.5. The Kier molecular flexibility index (Phi) is 5.37. The number of rotatable bonds is 3. The minimum absolute atomic E-state index is 0.0631. The molecule has 5 rings (SSSR count). The number of carbonyl (C=O) groups is 1. The second kappa shape index (κ2) is 8.11. The van der Waals surface area contributed by atoms with Gasteiger partial charge in [-0.15, -0.1) is 0 Å². The summed E-state index contributed by atoms with van der Waals surface area (Å²) in [6.45, 7) is -0.949. The number of fused-ring (bicyclic) bond motifs is 1. The summed E-state index contributed by atoms with van der Waals surface area (Å²) in [6, 6.07) is 5.46. The van der Waals surface area contributed by atoms with Gasteiger partial charge in [-0.2, -0.15) is 13.2 Å². The molecule has 0 radical (unpaired) electrons. The predicted molar refractivity (Wildman–Crippen MR) is 113 cm³/mol. The highest BCUT2D eigenvalue weighted by atomic mass is 19.4. The molecule has 176 valence electrons. The lowest BCUT2D eigenvalue weighted by atomic mass is 9.92. The van der Waals surface area contributed by atoms with Crippen molar-refractivity contribution in [1.29, 1.82) is 0 Å². The van der Waals surface area contributed by atoms with Gasteiger partial charge in [-0.3, -0.25) is 9.98 Å². The summed E-state index contributed by atoms with van der Waals surface area (Å²) < 4.78 is 68.2. The number of alkyl halides is 5. The number of pyridine rings is 1. The molecule has 0 spiro atoms. The summed E-state index contributed by atoms with van der Waals surface area (Å²) in [4.78, 5) is 23.7.